The van der Waals surface area contributed by atoms with Crippen molar-refractivity contribution >= 4 is 17.4 Å². The molecule has 1 nitrogen and oxygen atoms in total. The van der Waals surface area contributed by atoms with Crippen LogP contribution >= 0.6 is 11.6 Å². The maximum atomic E-state index is 13.2. The third-order valence-electron chi connectivity index (χ3n) is 2.52. The maximum absolute atomic E-state index is 13.2. The molecule has 0 spiro atoms. The molecule has 0 amide bonds. The predicted octanol–water partition coefficient (Wildman–Crippen LogP) is 3.86. The fourth-order valence-corrected chi connectivity index (χ4v) is 1.69. The Hall–Kier alpha value is -0.650. The Kier molecular flexibility index (Phi) is 4.17. The average molecular weight is 277 g/mol. The van der Waals surface area contributed by atoms with Crippen molar-refractivity contribution in [1.82, 2.24) is 0 Å². The van der Waals surface area contributed by atoms with Gasteiger partial charge in [-0.2, -0.15) is 17.6 Å². The molecule has 1 atom stereocenters. The van der Waals surface area contributed by atoms with Gasteiger partial charge >= 0.3 is 11.8 Å². The summed E-state index contributed by atoms with van der Waals surface area (Å²) in [6.07, 6.45) is 0.484. The lowest BCUT2D eigenvalue weighted by atomic mass is 9.97. The number of carbonyl (C=O) groups is 1. The van der Waals surface area contributed by atoms with E-state index in [1.165, 1.54) is 0 Å². The molecule has 0 aliphatic heterocycles. The molecule has 1 rings (SSSR count). The minimum absolute atomic E-state index is 0.113. The van der Waals surface area contributed by atoms with Crippen molar-refractivity contribution < 1.29 is 26.7 Å². The van der Waals surface area contributed by atoms with Crippen LogP contribution in [0.4, 0.5) is 22.0 Å². The Balaban J connectivity index is 3.17. The molecular formula is C10H10ClF5O. The van der Waals surface area contributed by atoms with Gasteiger partial charge in [-0.05, 0) is 25.3 Å². The van der Waals surface area contributed by atoms with Crippen molar-refractivity contribution in [3.63, 3.8) is 0 Å². The monoisotopic (exact) mass is 276 g/mol. The first-order chi connectivity index (χ1) is 7.71. The van der Waals surface area contributed by atoms with E-state index >= 15 is 0 Å². The third-order valence-corrected chi connectivity index (χ3v) is 3.04. The molecule has 0 saturated carbocycles. The second-order valence-corrected chi connectivity index (χ2v) is 4.26. The van der Waals surface area contributed by atoms with Crippen molar-refractivity contribution in [2.75, 3.05) is 0 Å². The van der Waals surface area contributed by atoms with Gasteiger partial charge in [-0.15, -0.1) is 11.6 Å². The summed E-state index contributed by atoms with van der Waals surface area (Å²) in [7, 11) is 0. The molecule has 0 unspecified atom stereocenters. The van der Waals surface area contributed by atoms with Gasteiger partial charge in [0.05, 0.1) is 0 Å². The van der Waals surface area contributed by atoms with Crippen molar-refractivity contribution in [2.45, 2.75) is 42.9 Å². The van der Waals surface area contributed by atoms with Gasteiger partial charge in [-0.25, -0.2) is 4.39 Å². The number of rotatable bonds is 0. The van der Waals surface area contributed by atoms with Crippen molar-refractivity contribution in [3.8, 4) is 0 Å². The number of hydrogen-bond acceptors (Lipinski definition) is 1. The molecule has 0 bridgehead atoms. The molecule has 0 fully saturated rings. The van der Waals surface area contributed by atoms with Gasteiger partial charge in [0.15, 0.2) is 17.0 Å². The Morgan fingerprint density at radius 1 is 1.24 bits per heavy atom. The number of allylic oxidation sites excluding steroid dienone is 2. The van der Waals surface area contributed by atoms with Crippen LogP contribution in [0.1, 0.15) is 25.7 Å². The number of halogens is 6. The first-order valence-electron chi connectivity index (χ1n) is 5.00. The summed E-state index contributed by atoms with van der Waals surface area (Å²) in [6, 6.07) is 0. The number of carbonyl (C=O) groups excluding carboxylic acids is 1. The number of Topliss-reactive ketones (excluding diaryl/α,β-unsaturated/α-hetero) is 1. The van der Waals surface area contributed by atoms with Crippen LogP contribution in [0.15, 0.2) is 11.9 Å². The van der Waals surface area contributed by atoms with Crippen molar-refractivity contribution in [2.24, 2.45) is 0 Å². The van der Waals surface area contributed by atoms with Gasteiger partial charge in [0.2, 0.25) is 0 Å². The van der Waals surface area contributed by atoms with Crippen molar-refractivity contribution in [1.29, 1.82) is 0 Å². The molecule has 0 aromatic rings. The van der Waals surface area contributed by atoms with Gasteiger partial charge in [-0.3, -0.25) is 4.79 Å². The Morgan fingerprint density at radius 2 is 1.82 bits per heavy atom. The fraction of sp³-hybridized carbons (Fsp3) is 0.700. The highest BCUT2D eigenvalue weighted by Crippen LogP contribution is 2.45. The van der Waals surface area contributed by atoms with E-state index in [9.17, 15) is 26.7 Å². The average Bonchev–Trinajstić information content (AvgIpc) is 2.25. The highest BCUT2D eigenvalue weighted by Gasteiger charge is 2.65. The lowest BCUT2D eigenvalue weighted by Crippen LogP contribution is -2.51. The van der Waals surface area contributed by atoms with E-state index in [1.54, 1.807) is 0 Å². The summed E-state index contributed by atoms with van der Waals surface area (Å²) in [5.74, 6) is -13.4. The zero-order chi connectivity index (χ0) is 13.3. The van der Waals surface area contributed by atoms with Crippen LogP contribution in [-0.4, -0.2) is 23.0 Å². The maximum Gasteiger partial charge on any atom is 0.362 e. The summed E-state index contributed by atoms with van der Waals surface area (Å²) < 4.78 is 65.7. The molecule has 17 heavy (non-hydrogen) atoms. The standard InChI is InChI=1S/C10H10ClF5O/c11-8-6(17)4-2-1-3-5-7(12)9(13,14)10(8,15)16/h5,8H,1-4H2/b7-5-/t8-/m1/s1. The molecule has 1 aliphatic carbocycles. The molecule has 1 aliphatic rings. The minimum atomic E-state index is -5.05. The molecule has 0 aromatic carbocycles. The van der Waals surface area contributed by atoms with E-state index in [-0.39, 0.29) is 25.7 Å². The molecule has 0 radical (unpaired) electrons. The predicted molar refractivity (Wildman–Crippen MR) is 52.2 cm³/mol. The van der Waals surface area contributed by atoms with Crippen molar-refractivity contribution in [3.05, 3.63) is 11.9 Å². The second kappa shape index (κ2) is 4.92. The molecule has 0 heterocycles. The molecular weight excluding hydrogens is 267 g/mol. The zero-order valence-electron chi connectivity index (χ0n) is 8.66. The van der Waals surface area contributed by atoms with Crippen LogP contribution in [-0.2, 0) is 4.79 Å². The van der Waals surface area contributed by atoms with Crippen LogP contribution in [0.2, 0.25) is 0 Å². The third kappa shape index (κ3) is 2.61. The van der Waals surface area contributed by atoms with Crippen LogP contribution < -0.4 is 0 Å². The number of alkyl halides is 5. The topological polar surface area (TPSA) is 17.1 Å². The summed E-state index contributed by atoms with van der Waals surface area (Å²) in [5, 5.41) is -2.71. The molecule has 7 heteroatoms. The molecule has 0 aromatic heterocycles. The quantitative estimate of drug-likeness (QED) is 0.485. The normalized spacial score (nSPS) is 32.7. The molecule has 0 N–H and O–H groups in total. The van der Waals surface area contributed by atoms with E-state index < -0.39 is 28.8 Å². The van der Waals surface area contributed by atoms with Crippen LogP contribution in [0.3, 0.4) is 0 Å². The summed E-state index contributed by atoms with van der Waals surface area (Å²) in [5.41, 5.74) is 0. The highest BCUT2D eigenvalue weighted by molar-refractivity contribution is 6.32. The van der Waals surface area contributed by atoms with E-state index in [4.69, 9.17) is 11.6 Å². The SMILES string of the molecule is O=C1CCCC/C=C(\F)C(F)(F)C(F)(F)[C@@H]1Cl. The summed E-state index contributed by atoms with van der Waals surface area (Å²) >= 11 is 5.04. The summed E-state index contributed by atoms with van der Waals surface area (Å²) in [4.78, 5) is 11.2. The fourth-order valence-electron chi connectivity index (χ4n) is 1.45. The molecule has 0 saturated heterocycles. The van der Waals surface area contributed by atoms with E-state index in [2.05, 4.69) is 0 Å². The molecule has 98 valence electrons. The van der Waals surface area contributed by atoms with E-state index in [0.29, 0.717) is 6.08 Å². The first kappa shape index (κ1) is 14.4. The van der Waals surface area contributed by atoms with E-state index in [1.807, 2.05) is 0 Å². The van der Waals surface area contributed by atoms with E-state index in [0.717, 1.165) is 0 Å². The first-order valence-corrected chi connectivity index (χ1v) is 5.43. The Labute approximate surface area is 99.6 Å². The van der Waals surface area contributed by atoms with Crippen LogP contribution in [0.5, 0.6) is 0 Å². The van der Waals surface area contributed by atoms with Gasteiger partial charge in [-0.1, -0.05) is 0 Å². The van der Waals surface area contributed by atoms with Gasteiger partial charge in [0.1, 0.15) is 0 Å². The van der Waals surface area contributed by atoms with Crippen LogP contribution in [0, 0.1) is 0 Å². The van der Waals surface area contributed by atoms with Gasteiger partial charge < -0.3 is 0 Å². The Morgan fingerprint density at radius 3 is 2.41 bits per heavy atom. The second-order valence-electron chi connectivity index (χ2n) is 3.82. The van der Waals surface area contributed by atoms with Crippen LogP contribution in [0.25, 0.3) is 0 Å². The smallest absolute Gasteiger partial charge is 0.298 e. The lowest BCUT2D eigenvalue weighted by Gasteiger charge is -2.28. The highest BCUT2D eigenvalue weighted by atomic mass is 35.5. The summed E-state index contributed by atoms with van der Waals surface area (Å²) in [6.45, 7) is 0. The Bertz CT molecular complexity index is 340. The number of hydrogen-bond donors (Lipinski definition) is 0. The van der Waals surface area contributed by atoms with Gasteiger partial charge in [0, 0.05) is 6.42 Å². The lowest BCUT2D eigenvalue weighted by molar-refractivity contribution is -0.196. The number of ketones is 1. The van der Waals surface area contributed by atoms with Gasteiger partial charge in [0.25, 0.3) is 0 Å². The zero-order valence-corrected chi connectivity index (χ0v) is 9.42. The largest absolute Gasteiger partial charge is 0.362 e. The minimum Gasteiger partial charge on any atom is -0.298 e.